The van der Waals surface area contributed by atoms with E-state index in [0.717, 1.165) is 43.2 Å². The molecule has 0 spiro atoms. The Kier molecular flexibility index (Phi) is 16.9. The summed E-state index contributed by atoms with van der Waals surface area (Å²) in [5, 5.41) is 0. The minimum Gasteiger partial charge on any atom is -0.463 e. The van der Waals surface area contributed by atoms with Gasteiger partial charge in [-0.05, 0) is 88.3 Å². The first-order chi connectivity index (χ1) is 18.6. The molecule has 1 aromatic rings. The van der Waals surface area contributed by atoms with Gasteiger partial charge in [0.1, 0.15) is 0 Å². The molecule has 0 radical (unpaired) electrons. The van der Waals surface area contributed by atoms with Gasteiger partial charge in [0.2, 0.25) is 0 Å². The number of hydrogen-bond acceptors (Lipinski definition) is 5. The Morgan fingerprint density at radius 1 is 0.816 bits per heavy atom. The van der Waals surface area contributed by atoms with Crippen LogP contribution in [0.25, 0.3) is 6.08 Å². The van der Waals surface area contributed by atoms with Gasteiger partial charge in [0.15, 0.2) is 0 Å². The molecule has 0 aliphatic heterocycles. The standard InChI is InChI=1S/C32H54O5Si/c1-5-9-12-15-28-16-21-30(22-17-28)31-23-18-29(19-24-31)20-25-32(33)34-26-13-10-11-14-27-38(35-6-2,36-7-3)37-8-4/h18-20,23-25,28,30H,5-17,21-22,26-27H2,1-4H3/b25-20+. The molecular formula is C32H54O5Si. The van der Waals surface area contributed by atoms with Crippen LogP contribution < -0.4 is 0 Å². The molecule has 1 aromatic carbocycles. The third kappa shape index (κ3) is 12.6. The lowest BCUT2D eigenvalue weighted by atomic mass is 9.77. The third-order valence-corrected chi connectivity index (χ3v) is 10.7. The zero-order chi connectivity index (χ0) is 27.5. The molecular weight excluding hydrogens is 492 g/mol. The molecule has 38 heavy (non-hydrogen) atoms. The van der Waals surface area contributed by atoms with Crippen molar-refractivity contribution in [2.24, 2.45) is 5.92 Å². The average Bonchev–Trinajstić information content (AvgIpc) is 2.93. The molecule has 0 saturated heterocycles. The van der Waals surface area contributed by atoms with Gasteiger partial charge in [-0.1, -0.05) is 69.7 Å². The molecule has 216 valence electrons. The summed E-state index contributed by atoms with van der Waals surface area (Å²) < 4.78 is 23.1. The summed E-state index contributed by atoms with van der Waals surface area (Å²) >= 11 is 0. The molecule has 5 nitrogen and oxygen atoms in total. The fourth-order valence-corrected chi connectivity index (χ4v) is 8.22. The first kappa shape index (κ1) is 32.7. The first-order valence-corrected chi connectivity index (χ1v) is 17.4. The van der Waals surface area contributed by atoms with E-state index in [1.807, 2.05) is 26.8 Å². The number of benzene rings is 1. The molecule has 1 saturated carbocycles. The van der Waals surface area contributed by atoms with Gasteiger partial charge in [0, 0.05) is 31.9 Å². The number of unbranched alkanes of at least 4 members (excludes halogenated alkanes) is 5. The Hall–Kier alpha value is -1.47. The minimum atomic E-state index is -2.54. The van der Waals surface area contributed by atoms with Crippen LogP contribution in [0.5, 0.6) is 0 Å². The van der Waals surface area contributed by atoms with E-state index in [1.54, 1.807) is 6.08 Å². The van der Waals surface area contributed by atoms with Crippen molar-refractivity contribution in [1.82, 2.24) is 0 Å². The van der Waals surface area contributed by atoms with E-state index in [-0.39, 0.29) is 5.97 Å². The van der Waals surface area contributed by atoms with Gasteiger partial charge in [-0.2, -0.15) is 0 Å². The zero-order valence-electron chi connectivity index (χ0n) is 24.7. The summed E-state index contributed by atoms with van der Waals surface area (Å²) in [6.45, 7) is 10.5. The Bertz CT molecular complexity index is 754. The van der Waals surface area contributed by atoms with Crippen LogP contribution in [-0.4, -0.2) is 41.2 Å². The molecule has 1 aliphatic rings. The van der Waals surface area contributed by atoms with Crippen molar-refractivity contribution in [1.29, 1.82) is 0 Å². The van der Waals surface area contributed by atoms with Crippen molar-refractivity contribution >= 4 is 20.8 Å². The quantitative estimate of drug-likeness (QED) is 0.0708. The van der Waals surface area contributed by atoms with Gasteiger partial charge < -0.3 is 18.0 Å². The van der Waals surface area contributed by atoms with E-state index in [0.29, 0.717) is 32.3 Å². The van der Waals surface area contributed by atoms with E-state index in [4.69, 9.17) is 18.0 Å². The van der Waals surface area contributed by atoms with Crippen molar-refractivity contribution in [2.75, 3.05) is 26.4 Å². The fourth-order valence-electron chi connectivity index (χ4n) is 5.53. The van der Waals surface area contributed by atoms with Crippen LogP contribution in [0.2, 0.25) is 6.04 Å². The molecule has 2 rings (SSSR count). The highest BCUT2D eigenvalue weighted by Crippen LogP contribution is 2.37. The lowest BCUT2D eigenvalue weighted by Gasteiger charge is -2.29. The summed E-state index contributed by atoms with van der Waals surface area (Å²) in [6, 6.07) is 9.58. The monoisotopic (exact) mass is 546 g/mol. The molecule has 6 heteroatoms. The third-order valence-electron chi connectivity index (χ3n) is 7.60. The van der Waals surface area contributed by atoms with Crippen molar-refractivity contribution in [3.63, 3.8) is 0 Å². The second kappa shape index (κ2) is 19.6. The second-order valence-corrected chi connectivity index (χ2v) is 13.3. The predicted octanol–water partition coefficient (Wildman–Crippen LogP) is 8.71. The zero-order valence-corrected chi connectivity index (χ0v) is 25.7. The van der Waals surface area contributed by atoms with Gasteiger partial charge in [0.05, 0.1) is 6.61 Å². The Morgan fingerprint density at radius 3 is 2.05 bits per heavy atom. The average molecular weight is 547 g/mol. The lowest BCUT2D eigenvalue weighted by molar-refractivity contribution is -0.137. The number of esters is 1. The highest BCUT2D eigenvalue weighted by atomic mass is 28.4. The largest absolute Gasteiger partial charge is 0.500 e. The second-order valence-electron chi connectivity index (χ2n) is 10.5. The SMILES string of the molecule is CCCCCC1CCC(c2ccc(/C=C/C(=O)OCCCCCC[Si](OCC)(OCC)OCC)cc2)CC1. The number of ether oxygens (including phenoxy) is 1. The van der Waals surface area contributed by atoms with Crippen LogP contribution in [-0.2, 0) is 22.8 Å². The van der Waals surface area contributed by atoms with E-state index in [2.05, 4.69) is 31.2 Å². The minimum absolute atomic E-state index is 0.272. The van der Waals surface area contributed by atoms with Crippen molar-refractivity contribution in [3.05, 3.63) is 41.5 Å². The van der Waals surface area contributed by atoms with Crippen LogP contribution in [0.3, 0.4) is 0 Å². The molecule has 0 atom stereocenters. The van der Waals surface area contributed by atoms with Gasteiger partial charge in [0.25, 0.3) is 0 Å². The molecule has 1 fully saturated rings. The summed E-state index contributed by atoms with van der Waals surface area (Å²) in [4.78, 5) is 12.1. The number of carbonyl (C=O) groups is 1. The van der Waals surface area contributed by atoms with E-state index >= 15 is 0 Å². The summed E-state index contributed by atoms with van der Waals surface area (Å²) in [5.74, 6) is 1.36. The maximum atomic E-state index is 12.1. The van der Waals surface area contributed by atoms with Crippen LogP contribution in [0.1, 0.15) is 122 Å². The molecule has 0 N–H and O–H groups in total. The van der Waals surface area contributed by atoms with Crippen LogP contribution in [0, 0.1) is 5.92 Å². The fraction of sp³-hybridized carbons (Fsp3) is 0.719. The van der Waals surface area contributed by atoms with Crippen LogP contribution in [0.15, 0.2) is 30.3 Å². The molecule has 0 unspecified atom stereocenters. The number of rotatable bonds is 20. The molecule has 0 amide bonds. The van der Waals surface area contributed by atoms with Crippen molar-refractivity contribution in [3.8, 4) is 0 Å². The lowest BCUT2D eigenvalue weighted by Crippen LogP contribution is -2.45. The van der Waals surface area contributed by atoms with Gasteiger partial charge in [-0.25, -0.2) is 4.79 Å². The van der Waals surface area contributed by atoms with Crippen LogP contribution in [0.4, 0.5) is 0 Å². The van der Waals surface area contributed by atoms with Crippen LogP contribution >= 0.6 is 0 Å². The Labute approximate surface area is 234 Å². The normalized spacial score (nSPS) is 18.2. The molecule has 1 aliphatic carbocycles. The van der Waals surface area contributed by atoms with Gasteiger partial charge in [-0.15, -0.1) is 0 Å². The number of carbonyl (C=O) groups excluding carboxylic acids is 1. The topological polar surface area (TPSA) is 54.0 Å². The summed E-state index contributed by atoms with van der Waals surface area (Å²) in [7, 11) is -2.54. The highest BCUT2D eigenvalue weighted by molar-refractivity contribution is 6.60. The van der Waals surface area contributed by atoms with E-state index in [1.165, 1.54) is 56.9 Å². The Balaban J connectivity index is 1.62. The van der Waals surface area contributed by atoms with E-state index < -0.39 is 8.80 Å². The number of hydrogen-bond donors (Lipinski definition) is 0. The maximum Gasteiger partial charge on any atom is 0.500 e. The smallest absolute Gasteiger partial charge is 0.463 e. The van der Waals surface area contributed by atoms with Crippen molar-refractivity contribution in [2.45, 2.75) is 117 Å². The summed E-state index contributed by atoms with van der Waals surface area (Å²) in [5.41, 5.74) is 2.49. The molecule has 0 bridgehead atoms. The Morgan fingerprint density at radius 2 is 1.45 bits per heavy atom. The summed E-state index contributed by atoms with van der Waals surface area (Å²) in [6.07, 6.45) is 18.2. The highest BCUT2D eigenvalue weighted by Gasteiger charge is 2.39. The maximum absolute atomic E-state index is 12.1. The first-order valence-electron chi connectivity index (χ1n) is 15.4. The van der Waals surface area contributed by atoms with Gasteiger partial charge in [-0.3, -0.25) is 0 Å². The van der Waals surface area contributed by atoms with Gasteiger partial charge >= 0.3 is 14.8 Å². The molecule has 0 heterocycles. The predicted molar refractivity (Wildman–Crippen MR) is 159 cm³/mol. The van der Waals surface area contributed by atoms with E-state index in [9.17, 15) is 4.79 Å². The van der Waals surface area contributed by atoms with Crippen molar-refractivity contribution < 1.29 is 22.8 Å². The molecule has 0 aromatic heterocycles.